The van der Waals surface area contributed by atoms with Crippen LogP contribution >= 0.6 is 27.5 Å². The van der Waals surface area contributed by atoms with E-state index in [0.717, 1.165) is 4.47 Å². The number of hydrogen-bond acceptors (Lipinski definition) is 2. The highest BCUT2D eigenvalue weighted by Gasteiger charge is 2.05. The molecule has 14 heavy (non-hydrogen) atoms. The lowest BCUT2D eigenvalue weighted by Gasteiger charge is -2.10. The SMILES string of the molecule is OC(CCl)CNc1cc(Br)ccc1F. The third kappa shape index (κ3) is 3.44. The Bertz CT molecular complexity index is 311. The lowest BCUT2D eigenvalue weighted by molar-refractivity contribution is 0.211. The molecule has 0 radical (unpaired) electrons. The Balaban J connectivity index is 2.62. The first kappa shape index (κ1) is 11.8. The van der Waals surface area contributed by atoms with E-state index in [2.05, 4.69) is 21.2 Å². The average Bonchev–Trinajstić information content (AvgIpc) is 2.19. The number of aliphatic hydroxyl groups excluding tert-OH is 1. The van der Waals surface area contributed by atoms with Gasteiger partial charge in [0.05, 0.1) is 17.7 Å². The van der Waals surface area contributed by atoms with E-state index in [1.807, 2.05) is 0 Å². The first-order chi connectivity index (χ1) is 6.63. The third-order valence-corrected chi connectivity index (χ3v) is 2.48. The van der Waals surface area contributed by atoms with Crippen LogP contribution in [0, 0.1) is 5.82 Å². The van der Waals surface area contributed by atoms with Gasteiger partial charge in [-0.25, -0.2) is 4.39 Å². The molecular formula is C9H10BrClFNO. The Kier molecular flexibility index (Phi) is 4.65. The Hall–Kier alpha value is -0.320. The van der Waals surface area contributed by atoms with E-state index in [-0.39, 0.29) is 18.2 Å². The zero-order valence-electron chi connectivity index (χ0n) is 7.30. The molecule has 1 aromatic carbocycles. The second-order valence-electron chi connectivity index (χ2n) is 2.81. The van der Waals surface area contributed by atoms with Crippen LogP contribution in [0.5, 0.6) is 0 Å². The predicted molar refractivity (Wildman–Crippen MR) is 59.3 cm³/mol. The number of alkyl halides is 1. The van der Waals surface area contributed by atoms with E-state index in [1.54, 1.807) is 12.1 Å². The zero-order chi connectivity index (χ0) is 10.6. The molecule has 0 aliphatic rings. The van der Waals surface area contributed by atoms with Crippen molar-refractivity contribution < 1.29 is 9.50 Å². The average molecular weight is 283 g/mol. The van der Waals surface area contributed by atoms with Crippen molar-refractivity contribution in [1.29, 1.82) is 0 Å². The van der Waals surface area contributed by atoms with Gasteiger partial charge in [0.25, 0.3) is 0 Å². The minimum absolute atomic E-state index is 0.128. The summed E-state index contributed by atoms with van der Waals surface area (Å²) < 4.78 is 13.9. The van der Waals surface area contributed by atoms with Gasteiger partial charge in [-0.3, -0.25) is 0 Å². The molecule has 0 fully saturated rings. The van der Waals surface area contributed by atoms with Gasteiger partial charge in [-0.15, -0.1) is 11.6 Å². The summed E-state index contributed by atoms with van der Waals surface area (Å²) in [5.41, 5.74) is 0.351. The van der Waals surface area contributed by atoms with Crippen molar-refractivity contribution in [3.8, 4) is 0 Å². The molecule has 1 rings (SSSR count). The first-order valence-electron chi connectivity index (χ1n) is 4.06. The quantitative estimate of drug-likeness (QED) is 0.832. The van der Waals surface area contributed by atoms with E-state index in [9.17, 15) is 4.39 Å². The van der Waals surface area contributed by atoms with Gasteiger partial charge in [0, 0.05) is 11.0 Å². The van der Waals surface area contributed by atoms with E-state index in [1.165, 1.54) is 6.07 Å². The van der Waals surface area contributed by atoms with Crippen LogP contribution < -0.4 is 5.32 Å². The fourth-order valence-corrected chi connectivity index (χ4v) is 1.39. The predicted octanol–water partition coefficient (Wildman–Crippen LogP) is 2.60. The second kappa shape index (κ2) is 5.53. The van der Waals surface area contributed by atoms with Crippen LogP contribution in [0.3, 0.4) is 0 Å². The fourth-order valence-electron chi connectivity index (χ4n) is 0.915. The highest BCUT2D eigenvalue weighted by Crippen LogP contribution is 2.19. The summed E-state index contributed by atoms with van der Waals surface area (Å²) >= 11 is 8.62. The zero-order valence-corrected chi connectivity index (χ0v) is 9.65. The molecule has 1 atom stereocenters. The summed E-state index contributed by atoms with van der Waals surface area (Å²) in [5.74, 6) is -0.224. The van der Waals surface area contributed by atoms with Crippen molar-refractivity contribution in [3.05, 3.63) is 28.5 Å². The Morgan fingerprint density at radius 1 is 1.57 bits per heavy atom. The minimum atomic E-state index is -0.671. The summed E-state index contributed by atoms with van der Waals surface area (Å²) in [4.78, 5) is 0. The number of aliphatic hydroxyl groups is 1. The molecule has 0 heterocycles. The molecule has 0 amide bonds. The van der Waals surface area contributed by atoms with Crippen LogP contribution in [-0.2, 0) is 0 Å². The standard InChI is InChI=1S/C9H10BrClFNO/c10-6-1-2-8(12)9(3-6)13-5-7(14)4-11/h1-3,7,13-14H,4-5H2. The van der Waals surface area contributed by atoms with Gasteiger partial charge in [0.1, 0.15) is 5.82 Å². The van der Waals surface area contributed by atoms with E-state index >= 15 is 0 Å². The molecule has 1 aromatic rings. The van der Waals surface area contributed by atoms with Gasteiger partial charge in [0.15, 0.2) is 0 Å². The Morgan fingerprint density at radius 3 is 2.93 bits per heavy atom. The van der Waals surface area contributed by atoms with Crippen LogP contribution in [0.1, 0.15) is 0 Å². The normalized spacial score (nSPS) is 12.6. The van der Waals surface area contributed by atoms with E-state index in [0.29, 0.717) is 5.69 Å². The summed E-state index contributed by atoms with van der Waals surface area (Å²) in [6.45, 7) is 0.233. The molecule has 0 aliphatic carbocycles. The Labute approximate surface area is 95.2 Å². The maximum Gasteiger partial charge on any atom is 0.146 e. The Morgan fingerprint density at radius 2 is 2.29 bits per heavy atom. The molecule has 78 valence electrons. The second-order valence-corrected chi connectivity index (χ2v) is 4.04. The van der Waals surface area contributed by atoms with Crippen molar-refractivity contribution in [1.82, 2.24) is 0 Å². The molecule has 0 aliphatic heterocycles. The molecule has 0 saturated carbocycles. The highest BCUT2D eigenvalue weighted by molar-refractivity contribution is 9.10. The van der Waals surface area contributed by atoms with Crippen LogP contribution in [-0.4, -0.2) is 23.6 Å². The number of halogens is 3. The molecule has 0 bridgehead atoms. The van der Waals surface area contributed by atoms with E-state index < -0.39 is 6.10 Å². The van der Waals surface area contributed by atoms with Crippen LogP contribution in [0.2, 0.25) is 0 Å². The van der Waals surface area contributed by atoms with Crippen molar-refractivity contribution in [2.24, 2.45) is 0 Å². The summed E-state index contributed by atoms with van der Waals surface area (Å²) in [7, 11) is 0. The summed E-state index contributed by atoms with van der Waals surface area (Å²) in [6.07, 6.45) is -0.671. The van der Waals surface area contributed by atoms with Crippen molar-refractivity contribution in [3.63, 3.8) is 0 Å². The molecule has 2 nitrogen and oxygen atoms in total. The van der Waals surface area contributed by atoms with Crippen molar-refractivity contribution in [2.45, 2.75) is 6.10 Å². The number of rotatable bonds is 4. The van der Waals surface area contributed by atoms with Crippen LogP contribution in [0.4, 0.5) is 10.1 Å². The lowest BCUT2D eigenvalue weighted by atomic mass is 10.3. The molecule has 2 N–H and O–H groups in total. The number of hydrogen-bond donors (Lipinski definition) is 2. The number of anilines is 1. The van der Waals surface area contributed by atoms with Gasteiger partial charge >= 0.3 is 0 Å². The summed E-state index contributed by atoms with van der Waals surface area (Å²) in [6, 6.07) is 4.56. The monoisotopic (exact) mass is 281 g/mol. The molecule has 0 spiro atoms. The van der Waals surface area contributed by atoms with Crippen LogP contribution in [0.15, 0.2) is 22.7 Å². The minimum Gasteiger partial charge on any atom is -0.390 e. The third-order valence-electron chi connectivity index (χ3n) is 1.63. The summed E-state index contributed by atoms with van der Waals surface area (Å²) in [5, 5.41) is 11.9. The van der Waals surface area contributed by atoms with Gasteiger partial charge in [-0.05, 0) is 18.2 Å². The van der Waals surface area contributed by atoms with Crippen molar-refractivity contribution in [2.75, 3.05) is 17.7 Å². The maximum absolute atomic E-state index is 13.1. The van der Waals surface area contributed by atoms with Gasteiger partial charge in [0.2, 0.25) is 0 Å². The van der Waals surface area contributed by atoms with Gasteiger partial charge in [-0.1, -0.05) is 15.9 Å². The largest absolute Gasteiger partial charge is 0.390 e. The smallest absolute Gasteiger partial charge is 0.146 e. The topological polar surface area (TPSA) is 32.3 Å². The maximum atomic E-state index is 13.1. The van der Waals surface area contributed by atoms with Crippen LogP contribution in [0.25, 0.3) is 0 Å². The molecule has 5 heteroatoms. The van der Waals surface area contributed by atoms with Gasteiger partial charge in [-0.2, -0.15) is 0 Å². The number of nitrogens with one attached hydrogen (secondary N) is 1. The molecule has 1 unspecified atom stereocenters. The fraction of sp³-hybridized carbons (Fsp3) is 0.333. The first-order valence-corrected chi connectivity index (χ1v) is 5.39. The molecule has 0 saturated heterocycles. The molecule has 0 aromatic heterocycles. The highest BCUT2D eigenvalue weighted by atomic mass is 79.9. The van der Waals surface area contributed by atoms with E-state index in [4.69, 9.17) is 16.7 Å². The number of benzene rings is 1. The lowest BCUT2D eigenvalue weighted by Crippen LogP contribution is -2.21. The van der Waals surface area contributed by atoms with Crippen molar-refractivity contribution >= 4 is 33.2 Å². The van der Waals surface area contributed by atoms with Gasteiger partial charge < -0.3 is 10.4 Å². The molecular weight excluding hydrogens is 272 g/mol.